The van der Waals surface area contributed by atoms with Gasteiger partial charge in [0, 0.05) is 30.1 Å². The van der Waals surface area contributed by atoms with Gasteiger partial charge >= 0.3 is 0 Å². The van der Waals surface area contributed by atoms with Gasteiger partial charge in [0.1, 0.15) is 0 Å². The molecule has 6 nitrogen and oxygen atoms in total. The zero-order valence-corrected chi connectivity index (χ0v) is 14.3. The number of carbonyl (C=O) groups is 2. The highest BCUT2D eigenvalue weighted by Gasteiger charge is 2.29. The molecule has 2 N–H and O–H groups in total. The predicted octanol–water partition coefficient (Wildman–Crippen LogP) is 3.05. The van der Waals surface area contributed by atoms with E-state index in [1.54, 1.807) is 4.90 Å². The molecule has 1 aliphatic heterocycles. The quantitative estimate of drug-likeness (QED) is 0.764. The summed E-state index contributed by atoms with van der Waals surface area (Å²) in [6, 6.07) is 17.1. The van der Waals surface area contributed by atoms with Crippen LogP contribution >= 0.6 is 0 Å². The molecule has 0 bridgehead atoms. The minimum absolute atomic E-state index is 0.0218. The number of hydrogen-bond acceptors (Lipinski definition) is 3. The van der Waals surface area contributed by atoms with Crippen molar-refractivity contribution in [2.75, 3.05) is 18.4 Å². The van der Waals surface area contributed by atoms with Crippen molar-refractivity contribution in [3.8, 4) is 0 Å². The lowest BCUT2D eigenvalue weighted by Crippen LogP contribution is -2.41. The number of anilines is 1. The summed E-state index contributed by atoms with van der Waals surface area (Å²) in [6.45, 7) is 1.12. The second-order valence-corrected chi connectivity index (χ2v) is 6.54. The van der Waals surface area contributed by atoms with Gasteiger partial charge in [-0.3, -0.25) is 14.7 Å². The second-order valence-electron chi connectivity index (χ2n) is 6.54. The molecular formula is C20H20N4O2. The zero-order valence-electron chi connectivity index (χ0n) is 14.3. The molecule has 1 aromatic heterocycles. The number of hydrogen-bond donors (Lipinski definition) is 2. The van der Waals surface area contributed by atoms with E-state index in [4.69, 9.17) is 0 Å². The van der Waals surface area contributed by atoms with Gasteiger partial charge in [-0.25, -0.2) is 0 Å². The number of amides is 2. The Morgan fingerprint density at radius 3 is 2.46 bits per heavy atom. The monoisotopic (exact) mass is 348 g/mol. The summed E-state index contributed by atoms with van der Waals surface area (Å²) < 4.78 is 0. The van der Waals surface area contributed by atoms with Gasteiger partial charge < -0.3 is 10.2 Å². The Kier molecular flexibility index (Phi) is 4.39. The predicted molar refractivity (Wildman–Crippen MR) is 99.8 cm³/mol. The molecule has 0 radical (unpaired) electrons. The number of carbonyl (C=O) groups excluding carboxylic acids is 2. The largest absolute Gasteiger partial charge is 0.337 e. The number of aromatic amines is 1. The molecule has 0 atom stereocenters. The number of aromatic nitrogens is 2. The van der Waals surface area contributed by atoms with Crippen molar-refractivity contribution in [1.29, 1.82) is 0 Å². The third-order valence-electron chi connectivity index (χ3n) is 4.87. The third-order valence-corrected chi connectivity index (χ3v) is 4.87. The Bertz CT molecular complexity index is 927. The summed E-state index contributed by atoms with van der Waals surface area (Å²) >= 11 is 0. The fourth-order valence-corrected chi connectivity index (χ4v) is 3.39. The molecule has 1 saturated heterocycles. The molecule has 2 amide bonds. The van der Waals surface area contributed by atoms with Crippen molar-refractivity contribution < 1.29 is 9.59 Å². The maximum absolute atomic E-state index is 12.8. The number of nitrogens with zero attached hydrogens (tertiary/aromatic N) is 2. The van der Waals surface area contributed by atoms with Gasteiger partial charge in [0.05, 0.1) is 5.52 Å². The Morgan fingerprint density at radius 1 is 1.00 bits per heavy atom. The fourth-order valence-electron chi connectivity index (χ4n) is 3.39. The van der Waals surface area contributed by atoms with Crippen LogP contribution in [-0.2, 0) is 4.79 Å². The number of benzene rings is 2. The van der Waals surface area contributed by atoms with Gasteiger partial charge in [0.15, 0.2) is 5.69 Å². The molecule has 0 unspecified atom stereocenters. The first-order valence-corrected chi connectivity index (χ1v) is 8.80. The standard InChI is InChI=1S/C20H20N4O2/c25-19(21-15-6-2-1-3-7-15)14-10-12-24(13-11-14)20(26)18-16-8-4-5-9-17(16)22-23-18/h1-9,14H,10-13H2,(H,21,25)(H,22,23). The average Bonchev–Trinajstić information content (AvgIpc) is 3.12. The minimum atomic E-state index is -0.0793. The SMILES string of the molecule is O=C(Nc1ccccc1)C1CCN(C(=O)c2n[nH]c3ccccc23)CC1. The summed E-state index contributed by atoms with van der Waals surface area (Å²) in [4.78, 5) is 27.0. The van der Waals surface area contributed by atoms with Crippen LogP contribution in [0.4, 0.5) is 5.69 Å². The van der Waals surface area contributed by atoms with Crippen molar-refractivity contribution in [2.45, 2.75) is 12.8 Å². The van der Waals surface area contributed by atoms with Gasteiger partial charge in [-0.2, -0.15) is 5.10 Å². The van der Waals surface area contributed by atoms with E-state index >= 15 is 0 Å². The highest BCUT2D eigenvalue weighted by molar-refractivity contribution is 6.04. The Labute approximate surface area is 151 Å². The van der Waals surface area contributed by atoms with Gasteiger partial charge in [-0.15, -0.1) is 0 Å². The average molecular weight is 348 g/mol. The van der Waals surface area contributed by atoms with Gasteiger partial charge in [0.25, 0.3) is 5.91 Å². The van der Waals surface area contributed by atoms with E-state index in [-0.39, 0.29) is 17.7 Å². The first-order chi connectivity index (χ1) is 12.7. The molecular weight excluding hydrogens is 328 g/mol. The van der Waals surface area contributed by atoms with Crippen LogP contribution in [0.5, 0.6) is 0 Å². The third kappa shape index (κ3) is 3.18. The lowest BCUT2D eigenvalue weighted by atomic mass is 9.95. The number of nitrogens with one attached hydrogen (secondary N) is 2. The molecule has 3 aromatic rings. The number of rotatable bonds is 3. The molecule has 6 heteroatoms. The molecule has 0 saturated carbocycles. The summed E-state index contributed by atoms with van der Waals surface area (Å²) in [5.41, 5.74) is 2.11. The van der Waals surface area contributed by atoms with Crippen LogP contribution in [0.15, 0.2) is 54.6 Å². The van der Waals surface area contributed by atoms with E-state index in [9.17, 15) is 9.59 Å². The van der Waals surface area contributed by atoms with E-state index in [1.807, 2.05) is 54.6 Å². The van der Waals surface area contributed by atoms with Crippen LogP contribution in [0.2, 0.25) is 0 Å². The molecule has 1 aliphatic rings. The lowest BCUT2D eigenvalue weighted by molar-refractivity contribution is -0.121. The smallest absolute Gasteiger partial charge is 0.274 e. The summed E-state index contributed by atoms with van der Waals surface area (Å²) in [6.07, 6.45) is 1.32. The van der Waals surface area contributed by atoms with Crippen molar-refractivity contribution in [1.82, 2.24) is 15.1 Å². The van der Waals surface area contributed by atoms with Crippen molar-refractivity contribution in [3.63, 3.8) is 0 Å². The van der Waals surface area contributed by atoms with Gasteiger partial charge in [-0.1, -0.05) is 36.4 Å². The Balaban J connectivity index is 1.39. The van der Waals surface area contributed by atoms with Gasteiger partial charge in [0.2, 0.25) is 5.91 Å². The molecule has 2 heterocycles. The highest BCUT2D eigenvalue weighted by Crippen LogP contribution is 2.23. The lowest BCUT2D eigenvalue weighted by Gasteiger charge is -2.31. The molecule has 1 fully saturated rings. The number of H-pyrrole nitrogens is 1. The van der Waals surface area contributed by atoms with Crippen molar-refractivity contribution in [2.24, 2.45) is 5.92 Å². The van der Waals surface area contributed by atoms with E-state index < -0.39 is 0 Å². The molecule has 0 aliphatic carbocycles. The van der Waals surface area contributed by atoms with Crippen LogP contribution in [-0.4, -0.2) is 40.0 Å². The summed E-state index contributed by atoms with van der Waals surface area (Å²) in [5.74, 6) is -0.131. The van der Waals surface area contributed by atoms with E-state index in [1.165, 1.54) is 0 Å². The maximum atomic E-state index is 12.8. The van der Waals surface area contributed by atoms with Crippen molar-refractivity contribution >= 4 is 28.4 Å². The normalized spacial score (nSPS) is 15.2. The fraction of sp³-hybridized carbons (Fsp3) is 0.250. The van der Waals surface area contributed by atoms with Crippen LogP contribution in [0.25, 0.3) is 10.9 Å². The Morgan fingerprint density at radius 2 is 1.69 bits per heavy atom. The summed E-state index contributed by atoms with van der Waals surface area (Å²) in [7, 11) is 0. The summed E-state index contributed by atoms with van der Waals surface area (Å²) in [5, 5.41) is 10.9. The second kappa shape index (κ2) is 7.00. The van der Waals surface area contributed by atoms with E-state index in [0.717, 1.165) is 16.6 Å². The first kappa shape index (κ1) is 16.3. The number of fused-ring (bicyclic) bond motifs is 1. The van der Waals surface area contributed by atoms with Crippen LogP contribution in [0.1, 0.15) is 23.3 Å². The molecule has 2 aromatic carbocycles. The van der Waals surface area contributed by atoms with Gasteiger partial charge in [-0.05, 0) is 31.0 Å². The molecule has 4 rings (SSSR count). The van der Waals surface area contributed by atoms with Crippen molar-refractivity contribution in [3.05, 3.63) is 60.3 Å². The maximum Gasteiger partial charge on any atom is 0.274 e. The Hall–Kier alpha value is -3.15. The van der Waals surface area contributed by atoms with E-state index in [0.29, 0.717) is 31.6 Å². The van der Waals surface area contributed by atoms with Crippen LogP contribution in [0.3, 0.4) is 0 Å². The highest BCUT2D eigenvalue weighted by atomic mass is 16.2. The van der Waals surface area contributed by atoms with Crippen LogP contribution < -0.4 is 5.32 Å². The topological polar surface area (TPSA) is 78.1 Å². The molecule has 26 heavy (non-hydrogen) atoms. The molecule has 132 valence electrons. The minimum Gasteiger partial charge on any atom is -0.337 e. The number of para-hydroxylation sites is 2. The first-order valence-electron chi connectivity index (χ1n) is 8.80. The number of piperidine rings is 1. The van der Waals surface area contributed by atoms with E-state index in [2.05, 4.69) is 15.5 Å². The molecule has 0 spiro atoms. The van der Waals surface area contributed by atoms with Crippen LogP contribution in [0, 0.1) is 5.92 Å². The zero-order chi connectivity index (χ0) is 17.9. The number of likely N-dealkylation sites (tertiary alicyclic amines) is 1.